The molecule has 0 atom stereocenters. The quantitative estimate of drug-likeness (QED) is 0.780. The van der Waals surface area contributed by atoms with E-state index in [9.17, 15) is 8.42 Å². The molecule has 0 heterocycles. The Hall–Kier alpha value is -0.910. The number of benzene rings is 1. The molecule has 19 heavy (non-hydrogen) atoms. The van der Waals surface area contributed by atoms with Crippen LogP contribution in [0.4, 0.5) is 0 Å². The normalized spacial score (nSPS) is 12.3. The monoisotopic (exact) mass is 284 g/mol. The average molecular weight is 284 g/mol. The van der Waals surface area contributed by atoms with Crippen molar-refractivity contribution in [3.8, 4) is 0 Å². The number of rotatable bonds is 7. The molecule has 1 rings (SSSR count). The number of sulfonamides is 1. The predicted molar refractivity (Wildman–Crippen MR) is 78.9 cm³/mol. The average Bonchev–Trinajstić information content (AvgIpc) is 2.34. The van der Waals surface area contributed by atoms with Crippen molar-refractivity contribution < 1.29 is 8.42 Å². The van der Waals surface area contributed by atoms with Crippen molar-refractivity contribution in [1.29, 1.82) is 0 Å². The number of nitrogens with one attached hydrogen (secondary N) is 1. The third kappa shape index (κ3) is 5.30. The van der Waals surface area contributed by atoms with E-state index in [1.165, 1.54) is 0 Å². The van der Waals surface area contributed by atoms with Crippen LogP contribution in [0.2, 0.25) is 0 Å². The van der Waals surface area contributed by atoms with Gasteiger partial charge < -0.3 is 4.90 Å². The van der Waals surface area contributed by atoms with E-state index in [0.717, 1.165) is 18.5 Å². The van der Waals surface area contributed by atoms with E-state index < -0.39 is 10.0 Å². The molecule has 0 aliphatic carbocycles. The summed E-state index contributed by atoms with van der Waals surface area (Å²) in [4.78, 5) is 2.37. The molecule has 1 aromatic carbocycles. The summed E-state index contributed by atoms with van der Waals surface area (Å²) in [5.74, 6) is 0.407. The summed E-state index contributed by atoms with van der Waals surface area (Å²) < 4.78 is 26.7. The van der Waals surface area contributed by atoms with E-state index in [-0.39, 0.29) is 0 Å². The van der Waals surface area contributed by atoms with Crippen molar-refractivity contribution in [1.82, 2.24) is 9.62 Å². The third-order valence-electron chi connectivity index (χ3n) is 2.93. The Balaban J connectivity index is 2.62. The van der Waals surface area contributed by atoms with E-state index in [4.69, 9.17) is 0 Å². The van der Waals surface area contributed by atoms with Gasteiger partial charge in [0, 0.05) is 6.54 Å². The zero-order chi connectivity index (χ0) is 14.5. The highest BCUT2D eigenvalue weighted by atomic mass is 32.2. The SMILES string of the molecule is CC(C)c1ccc(S(=O)(=O)NCCCN(C)C)cc1. The first-order chi connectivity index (χ1) is 8.83. The van der Waals surface area contributed by atoms with Crippen molar-refractivity contribution in [3.05, 3.63) is 29.8 Å². The van der Waals surface area contributed by atoms with Crippen LogP contribution in [0.5, 0.6) is 0 Å². The minimum atomic E-state index is -3.37. The maximum Gasteiger partial charge on any atom is 0.240 e. The first-order valence-electron chi connectivity index (χ1n) is 6.57. The fourth-order valence-corrected chi connectivity index (χ4v) is 2.79. The van der Waals surface area contributed by atoms with Gasteiger partial charge in [-0.2, -0.15) is 0 Å². The van der Waals surface area contributed by atoms with Crippen LogP contribution in [-0.2, 0) is 10.0 Å². The van der Waals surface area contributed by atoms with Gasteiger partial charge in [0.25, 0.3) is 0 Å². The fraction of sp³-hybridized carbons (Fsp3) is 0.571. The van der Waals surface area contributed by atoms with Crippen LogP contribution in [0.15, 0.2) is 29.2 Å². The molecule has 0 unspecified atom stereocenters. The van der Waals surface area contributed by atoms with E-state index in [0.29, 0.717) is 17.4 Å². The minimum Gasteiger partial charge on any atom is -0.309 e. The molecule has 0 aromatic heterocycles. The molecule has 5 heteroatoms. The summed E-state index contributed by atoms with van der Waals surface area (Å²) in [6, 6.07) is 7.09. The van der Waals surface area contributed by atoms with Crippen molar-refractivity contribution in [2.45, 2.75) is 31.1 Å². The third-order valence-corrected chi connectivity index (χ3v) is 4.41. The molecular formula is C14H24N2O2S. The fourth-order valence-electron chi connectivity index (χ4n) is 1.72. The molecule has 0 amide bonds. The lowest BCUT2D eigenvalue weighted by Crippen LogP contribution is -2.27. The molecule has 1 aromatic rings. The lowest BCUT2D eigenvalue weighted by atomic mass is 10.0. The molecule has 4 nitrogen and oxygen atoms in total. The molecule has 0 aliphatic rings. The first kappa shape index (κ1) is 16.1. The van der Waals surface area contributed by atoms with Crippen molar-refractivity contribution in [2.24, 2.45) is 0 Å². The minimum absolute atomic E-state index is 0.335. The van der Waals surface area contributed by atoms with Gasteiger partial charge in [0.1, 0.15) is 0 Å². The zero-order valence-corrected chi connectivity index (χ0v) is 13.0. The van der Waals surface area contributed by atoms with Crippen LogP contribution in [-0.4, -0.2) is 40.5 Å². The molecule has 0 aliphatic heterocycles. The van der Waals surface area contributed by atoms with E-state index in [1.807, 2.05) is 31.1 Å². The zero-order valence-electron chi connectivity index (χ0n) is 12.2. The molecule has 0 fully saturated rings. The Labute approximate surface area is 116 Å². The van der Waals surface area contributed by atoms with Gasteiger partial charge >= 0.3 is 0 Å². The lowest BCUT2D eigenvalue weighted by Gasteiger charge is -2.11. The van der Waals surface area contributed by atoms with Crippen molar-refractivity contribution >= 4 is 10.0 Å². The van der Waals surface area contributed by atoms with E-state index >= 15 is 0 Å². The molecular weight excluding hydrogens is 260 g/mol. The van der Waals surface area contributed by atoms with Crippen LogP contribution in [0.25, 0.3) is 0 Å². The van der Waals surface area contributed by atoms with Gasteiger partial charge in [0.15, 0.2) is 0 Å². The maximum absolute atomic E-state index is 12.0. The Morgan fingerprint density at radius 3 is 2.21 bits per heavy atom. The summed E-state index contributed by atoms with van der Waals surface area (Å²) in [7, 11) is 0.574. The van der Waals surface area contributed by atoms with E-state index in [2.05, 4.69) is 18.6 Å². The van der Waals surface area contributed by atoms with Crippen LogP contribution in [0.1, 0.15) is 31.7 Å². The lowest BCUT2D eigenvalue weighted by molar-refractivity contribution is 0.400. The first-order valence-corrected chi connectivity index (χ1v) is 8.05. The highest BCUT2D eigenvalue weighted by molar-refractivity contribution is 7.89. The van der Waals surface area contributed by atoms with Gasteiger partial charge in [-0.05, 0) is 50.7 Å². The molecule has 0 saturated heterocycles. The van der Waals surface area contributed by atoms with Crippen molar-refractivity contribution in [3.63, 3.8) is 0 Å². The van der Waals surface area contributed by atoms with Crippen LogP contribution in [0.3, 0.4) is 0 Å². The van der Waals surface area contributed by atoms with Crippen LogP contribution < -0.4 is 4.72 Å². The van der Waals surface area contributed by atoms with Gasteiger partial charge in [-0.1, -0.05) is 26.0 Å². The summed E-state index contributed by atoms with van der Waals surface area (Å²) in [5, 5.41) is 0. The highest BCUT2D eigenvalue weighted by Crippen LogP contribution is 2.17. The molecule has 0 spiro atoms. The van der Waals surface area contributed by atoms with Gasteiger partial charge in [-0.25, -0.2) is 13.1 Å². The van der Waals surface area contributed by atoms with Gasteiger partial charge in [0.05, 0.1) is 4.90 Å². The Morgan fingerprint density at radius 2 is 1.74 bits per heavy atom. The highest BCUT2D eigenvalue weighted by Gasteiger charge is 2.13. The standard InChI is InChI=1S/C14H24N2O2S/c1-12(2)13-6-8-14(9-7-13)19(17,18)15-10-5-11-16(3)4/h6-9,12,15H,5,10-11H2,1-4H3. The number of nitrogens with zero attached hydrogens (tertiary/aromatic N) is 1. The topological polar surface area (TPSA) is 49.4 Å². The number of hydrogen-bond donors (Lipinski definition) is 1. The Kier molecular flexibility index (Phi) is 5.97. The Morgan fingerprint density at radius 1 is 1.16 bits per heavy atom. The largest absolute Gasteiger partial charge is 0.309 e. The second-order valence-corrected chi connectivity index (χ2v) is 7.05. The maximum atomic E-state index is 12.0. The molecule has 0 bridgehead atoms. The molecule has 0 saturated carbocycles. The molecule has 0 radical (unpaired) electrons. The second-order valence-electron chi connectivity index (χ2n) is 5.28. The molecule has 1 N–H and O–H groups in total. The summed E-state index contributed by atoms with van der Waals surface area (Å²) in [6.45, 7) is 5.51. The second kappa shape index (κ2) is 7.03. The smallest absolute Gasteiger partial charge is 0.240 e. The van der Waals surface area contributed by atoms with E-state index in [1.54, 1.807) is 12.1 Å². The molecule has 108 valence electrons. The van der Waals surface area contributed by atoms with Crippen LogP contribution in [0, 0.1) is 0 Å². The van der Waals surface area contributed by atoms with Gasteiger partial charge in [0.2, 0.25) is 10.0 Å². The van der Waals surface area contributed by atoms with Crippen LogP contribution >= 0.6 is 0 Å². The summed E-state index contributed by atoms with van der Waals surface area (Å²) in [6.07, 6.45) is 0.802. The summed E-state index contributed by atoms with van der Waals surface area (Å²) >= 11 is 0. The summed E-state index contributed by atoms with van der Waals surface area (Å²) in [5.41, 5.74) is 1.14. The number of hydrogen-bond acceptors (Lipinski definition) is 3. The Bertz CT molecular complexity index is 479. The van der Waals surface area contributed by atoms with Gasteiger partial charge in [-0.3, -0.25) is 0 Å². The van der Waals surface area contributed by atoms with Gasteiger partial charge in [-0.15, -0.1) is 0 Å². The predicted octanol–water partition coefficient (Wildman–Crippen LogP) is 2.04. The van der Waals surface area contributed by atoms with Crippen molar-refractivity contribution in [2.75, 3.05) is 27.2 Å².